The van der Waals surface area contributed by atoms with Gasteiger partial charge in [0, 0.05) is 14.0 Å². The highest BCUT2D eigenvalue weighted by Crippen LogP contribution is 1.61. The molecule has 0 aliphatic heterocycles. The maximum atomic E-state index is 10.3. The third-order valence-electron chi connectivity index (χ3n) is 0.695. The van der Waals surface area contributed by atoms with Crippen molar-refractivity contribution in [3.05, 3.63) is 7.05 Å². The molecule has 0 aliphatic rings. The molecule has 2 N–H and O–H groups in total. The van der Waals surface area contributed by atoms with Gasteiger partial charge in [-0.1, -0.05) is 0 Å². The van der Waals surface area contributed by atoms with Crippen LogP contribution in [0.15, 0.2) is 0 Å². The van der Waals surface area contributed by atoms with Crippen LogP contribution in [0.25, 0.3) is 0 Å². The van der Waals surface area contributed by atoms with Crippen molar-refractivity contribution in [2.24, 2.45) is 0 Å². The van der Waals surface area contributed by atoms with E-state index in [2.05, 4.69) is 17.7 Å². The number of rotatable bonds is 2. The molecular formula is C5H9N2O2. The lowest BCUT2D eigenvalue weighted by Gasteiger charge is -1.97. The smallest absolute Gasteiger partial charge is 0.239 e. The molecule has 9 heavy (non-hydrogen) atoms. The van der Waals surface area contributed by atoms with E-state index in [1.165, 1.54) is 6.92 Å². The molecule has 0 spiro atoms. The quantitative estimate of drug-likeness (QED) is 0.504. The largest absolute Gasteiger partial charge is 0.353 e. The zero-order valence-electron chi connectivity index (χ0n) is 5.23. The molecule has 4 heteroatoms. The monoisotopic (exact) mass is 129 g/mol. The highest BCUT2D eigenvalue weighted by Gasteiger charge is 1.96. The van der Waals surface area contributed by atoms with E-state index >= 15 is 0 Å². The summed E-state index contributed by atoms with van der Waals surface area (Å²) in [5.74, 6) is -0.524. The summed E-state index contributed by atoms with van der Waals surface area (Å²) >= 11 is 0. The van der Waals surface area contributed by atoms with Crippen molar-refractivity contribution >= 4 is 11.8 Å². The first-order valence-corrected chi connectivity index (χ1v) is 2.47. The van der Waals surface area contributed by atoms with Gasteiger partial charge in [-0.3, -0.25) is 9.59 Å². The molecule has 0 aromatic carbocycles. The zero-order valence-corrected chi connectivity index (χ0v) is 5.23. The Morgan fingerprint density at radius 1 is 1.56 bits per heavy atom. The highest BCUT2D eigenvalue weighted by atomic mass is 16.2. The van der Waals surface area contributed by atoms with Crippen LogP contribution in [-0.2, 0) is 9.59 Å². The van der Waals surface area contributed by atoms with Crippen LogP contribution in [0.1, 0.15) is 6.92 Å². The van der Waals surface area contributed by atoms with E-state index < -0.39 is 0 Å². The third kappa shape index (κ3) is 4.80. The number of hydrogen-bond donors (Lipinski definition) is 2. The average molecular weight is 129 g/mol. The molecule has 0 aromatic heterocycles. The molecule has 0 saturated carbocycles. The molecular weight excluding hydrogens is 120 g/mol. The van der Waals surface area contributed by atoms with Crippen molar-refractivity contribution in [1.82, 2.24) is 10.6 Å². The SMILES string of the molecule is [CH2]NC(=O)CNC(C)=O. The summed E-state index contributed by atoms with van der Waals surface area (Å²) in [6, 6.07) is 0. The molecule has 1 radical (unpaired) electrons. The summed E-state index contributed by atoms with van der Waals surface area (Å²) in [6.07, 6.45) is 0. The molecule has 0 rings (SSSR count). The molecule has 0 aliphatic carbocycles. The van der Waals surface area contributed by atoms with Crippen LogP contribution in [0, 0.1) is 7.05 Å². The Kier molecular flexibility index (Phi) is 3.43. The Balaban J connectivity index is 3.28. The summed E-state index contributed by atoms with van der Waals surface area (Å²) in [5.41, 5.74) is 0. The first-order chi connectivity index (χ1) is 4.16. The molecule has 0 fully saturated rings. The van der Waals surface area contributed by atoms with E-state index in [1.54, 1.807) is 0 Å². The van der Waals surface area contributed by atoms with Gasteiger partial charge < -0.3 is 10.6 Å². The molecule has 0 aromatic rings. The molecule has 0 atom stereocenters. The lowest BCUT2D eigenvalue weighted by atomic mass is 10.5. The fourth-order valence-electron chi connectivity index (χ4n) is 0.267. The van der Waals surface area contributed by atoms with Gasteiger partial charge in [-0.2, -0.15) is 0 Å². The van der Waals surface area contributed by atoms with Gasteiger partial charge in [-0.15, -0.1) is 0 Å². The van der Waals surface area contributed by atoms with Crippen LogP contribution >= 0.6 is 0 Å². The second-order valence-corrected chi connectivity index (χ2v) is 1.51. The number of hydrogen-bond acceptors (Lipinski definition) is 2. The minimum Gasteiger partial charge on any atom is -0.353 e. The average Bonchev–Trinajstić information content (AvgIpc) is 1.83. The lowest BCUT2D eigenvalue weighted by Crippen LogP contribution is -2.32. The number of nitrogens with one attached hydrogen (secondary N) is 2. The van der Waals surface area contributed by atoms with E-state index in [0.29, 0.717) is 0 Å². The second kappa shape index (κ2) is 3.88. The van der Waals surface area contributed by atoms with Crippen LogP contribution in [0.3, 0.4) is 0 Å². The van der Waals surface area contributed by atoms with Gasteiger partial charge in [0.1, 0.15) is 0 Å². The predicted octanol–water partition coefficient (Wildman–Crippen LogP) is -0.970. The highest BCUT2D eigenvalue weighted by molar-refractivity contribution is 5.83. The van der Waals surface area contributed by atoms with Crippen LogP contribution < -0.4 is 10.6 Å². The van der Waals surface area contributed by atoms with E-state index in [0.717, 1.165) is 0 Å². The molecule has 0 unspecified atom stereocenters. The minimum absolute atomic E-state index is 0.00116. The van der Waals surface area contributed by atoms with Crippen LogP contribution in [0.4, 0.5) is 0 Å². The predicted molar refractivity (Wildman–Crippen MR) is 32.2 cm³/mol. The van der Waals surface area contributed by atoms with E-state index in [9.17, 15) is 9.59 Å². The van der Waals surface area contributed by atoms with Gasteiger partial charge in [-0.25, -0.2) is 0 Å². The number of carbonyl (C=O) groups excluding carboxylic acids is 2. The van der Waals surface area contributed by atoms with Crippen molar-refractivity contribution in [3.63, 3.8) is 0 Å². The molecule has 2 amide bonds. The zero-order chi connectivity index (χ0) is 7.28. The van der Waals surface area contributed by atoms with Gasteiger partial charge in [0.25, 0.3) is 0 Å². The Morgan fingerprint density at radius 3 is 2.44 bits per heavy atom. The minimum atomic E-state index is -0.301. The van der Waals surface area contributed by atoms with Crippen molar-refractivity contribution in [3.8, 4) is 0 Å². The molecule has 51 valence electrons. The van der Waals surface area contributed by atoms with Crippen LogP contribution in [0.5, 0.6) is 0 Å². The summed E-state index contributed by atoms with van der Waals surface area (Å²) in [5, 5.41) is 4.42. The molecule has 0 saturated heterocycles. The number of carbonyl (C=O) groups is 2. The first-order valence-electron chi connectivity index (χ1n) is 2.47. The fourth-order valence-corrected chi connectivity index (χ4v) is 0.267. The van der Waals surface area contributed by atoms with Gasteiger partial charge in [0.2, 0.25) is 11.8 Å². The van der Waals surface area contributed by atoms with E-state index in [1.807, 2.05) is 0 Å². The molecule has 0 heterocycles. The van der Waals surface area contributed by atoms with Gasteiger partial charge in [0.15, 0.2) is 0 Å². The maximum absolute atomic E-state index is 10.3. The Labute approximate surface area is 53.6 Å². The van der Waals surface area contributed by atoms with Gasteiger partial charge in [0.05, 0.1) is 6.54 Å². The first kappa shape index (κ1) is 7.94. The summed E-state index contributed by atoms with van der Waals surface area (Å²) in [4.78, 5) is 20.5. The van der Waals surface area contributed by atoms with Gasteiger partial charge >= 0.3 is 0 Å². The normalized spacial score (nSPS) is 8.22. The molecule has 4 nitrogen and oxygen atoms in total. The standard InChI is InChI=1S/C5H9N2O2/c1-4(8)7-3-5(9)6-2/h2-3H2,1H3,(H,6,9)(H,7,8). The third-order valence-corrected chi connectivity index (χ3v) is 0.695. The molecule has 0 bridgehead atoms. The number of amides is 2. The topological polar surface area (TPSA) is 58.2 Å². The van der Waals surface area contributed by atoms with Crippen molar-refractivity contribution in [2.45, 2.75) is 6.92 Å². The maximum Gasteiger partial charge on any atom is 0.239 e. The Bertz CT molecular complexity index is 122. The fraction of sp³-hybridized carbons (Fsp3) is 0.400. The van der Waals surface area contributed by atoms with Crippen LogP contribution in [-0.4, -0.2) is 18.4 Å². The van der Waals surface area contributed by atoms with E-state index in [-0.39, 0.29) is 18.4 Å². The van der Waals surface area contributed by atoms with Crippen molar-refractivity contribution in [2.75, 3.05) is 6.54 Å². The van der Waals surface area contributed by atoms with Crippen molar-refractivity contribution in [1.29, 1.82) is 0 Å². The summed E-state index contributed by atoms with van der Waals surface area (Å²) < 4.78 is 0. The lowest BCUT2D eigenvalue weighted by molar-refractivity contribution is -0.124. The summed E-state index contributed by atoms with van der Waals surface area (Å²) in [7, 11) is 3.11. The van der Waals surface area contributed by atoms with Gasteiger partial charge in [-0.05, 0) is 0 Å². The van der Waals surface area contributed by atoms with Crippen LogP contribution in [0.2, 0.25) is 0 Å². The van der Waals surface area contributed by atoms with Crippen molar-refractivity contribution < 1.29 is 9.59 Å². The summed E-state index contributed by atoms with van der Waals surface area (Å²) in [6.45, 7) is 1.34. The second-order valence-electron chi connectivity index (χ2n) is 1.51. The Hall–Kier alpha value is -1.06. The Morgan fingerprint density at radius 2 is 2.11 bits per heavy atom. The van der Waals surface area contributed by atoms with E-state index in [4.69, 9.17) is 0 Å².